The number of hydrogen-bond donors (Lipinski definition) is 2. The molecule has 0 aliphatic rings. The fourth-order valence-electron chi connectivity index (χ4n) is 2.20. The maximum absolute atomic E-state index is 13.7. The van der Waals surface area contributed by atoms with E-state index >= 15 is 0 Å². The van der Waals surface area contributed by atoms with Gasteiger partial charge >= 0.3 is 6.18 Å². The van der Waals surface area contributed by atoms with Crippen LogP contribution < -0.4 is 11.3 Å². The van der Waals surface area contributed by atoms with Gasteiger partial charge < -0.3 is 4.42 Å². The van der Waals surface area contributed by atoms with Gasteiger partial charge in [0.15, 0.2) is 0 Å². The Morgan fingerprint density at radius 3 is 2.52 bits per heavy atom. The minimum Gasteiger partial charge on any atom is -0.469 e. The van der Waals surface area contributed by atoms with Crippen molar-refractivity contribution < 1.29 is 22.0 Å². The largest absolute Gasteiger partial charge is 0.469 e. The summed E-state index contributed by atoms with van der Waals surface area (Å²) in [4.78, 5) is 0. The molecule has 3 nitrogen and oxygen atoms in total. The summed E-state index contributed by atoms with van der Waals surface area (Å²) in [5.74, 6) is 4.76. The molecule has 3 N–H and O–H groups in total. The van der Waals surface area contributed by atoms with E-state index in [1.807, 2.05) is 6.92 Å². The first-order valence-corrected chi connectivity index (χ1v) is 6.27. The van der Waals surface area contributed by atoms with Crippen LogP contribution in [0.1, 0.15) is 35.4 Å². The lowest BCUT2D eigenvalue weighted by Gasteiger charge is -2.17. The molecule has 0 bridgehead atoms. The zero-order chi connectivity index (χ0) is 15.6. The van der Waals surface area contributed by atoms with Crippen LogP contribution in [-0.4, -0.2) is 0 Å². The van der Waals surface area contributed by atoms with Gasteiger partial charge in [-0.1, -0.05) is 13.0 Å². The van der Waals surface area contributed by atoms with E-state index in [9.17, 15) is 17.6 Å². The molecule has 0 radical (unpaired) electrons. The van der Waals surface area contributed by atoms with Gasteiger partial charge in [0.1, 0.15) is 11.6 Å². The highest BCUT2D eigenvalue weighted by molar-refractivity contribution is 5.36. The van der Waals surface area contributed by atoms with Crippen molar-refractivity contribution in [3.05, 3.63) is 58.8 Å². The second-order valence-electron chi connectivity index (χ2n) is 4.49. The zero-order valence-corrected chi connectivity index (χ0v) is 11.2. The van der Waals surface area contributed by atoms with Crippen LogP contribution in [0.4, 0.5) is 17.6 Å². The molecule has 2 aromatic rings. The number of benzene rings is 1. The Morgan fingerprint density at radius 1 is 1.29 bits per heavy atom. The van der Waals surface area contributed by atoms with E-state index in [4.69, 9.17) is 10.3 Å². The Morgan fingerprint density at radius 2 is 2.00 bits per heavy atom. The topological polar surface area (TPSA) is 51.2 Å². The van der Waals surface area contributed by atoms with Gasteiger partial charge in [-0.2, -0.15) is 13.2 Å². The first-order valence-electron chi connectivity index (χ1n) is 6.27. The smallest absolute Gasteiger partial charge is 0.419 e. The summed E-state index contributed by atoms with van der Waals surface area (Å²) < 4.78 is 56.6. The highest BCUT2D eigenvalue weighted by atomic mass is 19.4. The normalized spacial score (nSPS) is 13.4. The third kappa shape index (κ3) is 3.08. The van der Waals surface area contributed by atoms with Crippen LogP contribution in [0.15, 0.2) is 34.9 Å². The summed E-state index contributed by atoms with van der Waals surface area (Å²) >= 11 is 0. The fourth-order valence-corrected chi connectivity index (χ4v) is 2.20. The number of nitrogens with one attached hydrogen (secondary N) is 1. The van der Waals surface area contributed by atoms with Crippen LogP contribution in [0.2, 0.25) is 0 Å². The third-order valence-corrected chi connectivity index (χ3v) is 3.21. The summed E-state index contributed by atoms with van der Waals surface area (Å²) in [6, 6.07) is 3.75. The van der Waals surface area contributed by atoms with Gasteiger partial charge in [0.2, 0.25) is 0 Å². The molecule has 0 spiro atoms. The minimum atomic E-state index is -4.72. The second kappa shape index (κ2) is 5.87. The monoisotopic (exact) mass is 302 g/mol. The Bertz CT molecular complexity index is 622. The number of aryl methyl sites for hydroxylation is 1. The van der Waals surface area contributed by atoms with Gasteiger partial charge in [-0.15, -0.1) is 0 Å². The fraction of sp³-hybridized carbons (Fsp3) is 0.286. The van der Waals surface area contributed by atoms with Crippen molar-refractivity contribution >= 4 is 0 Å². The molecular weight excluding hydrogens is 288 g/mol. The summed E-state index contributed by atoms with van der Waals surface area (Å²) in [5.41, 5.74) is 2.13. The van der Waals surface area contributed by atoms with E-state index in [1.54, 1.807) is 6.07 Å². The SMILES string of the molecule is CCc1occc1C(NN)c1ccc(C(F)(F)F)c(F)c1. The highest BCUT2D eigenvalue weighted by Gasteiger charge is 2.34. The average Bonchev–Trinajstić information content (AvgIpc) is 2.86. The summed E-state index contributed by atoms with van der Waals surface area (Å²) in [7, 11) is 0. The van der Waals surface area contributed by atoms with Crippen LogP contribution in [0.25, 0.3) is 0 Å². The van der Waals surface area contributed by atoms with Crippen molar-refractivity contribution in [1.29, 1.82) is 0 Å². The molecule has 2 rings (SSSR count). The Kier molecular flexibility index (Phi) is 4.34. The molecule has 0 saturated carbocycles. The van der Waals surface area contributed by atoms with Crippen molar-refractivity contribution in [2.45, 2.75) is 25.6 Å². The predicted octanol–water partition coefficient (Wildman–Crippen LogP) is 3.55. The Hall–Kier alpha value is -1.86. The molecule has 1 aromatic heterocycles. The number of halogens is 4. The standard InChI is InChI=1S/C14H14F4N2O/c1-2-12-9(5-6-21-12)13(20-19)8-3-4-10(11(15)7-8)14(16,17)18/h3-7,13,20H,2,19H2,1H3. The van der Waals surface area contributed by atoms with Gasteiger partial charge in [-0.25, -0.2) is 9.82 Å². The molecule has 0 aliphatic heterocycles. The van der Waals surface area contributed by atoms with E-state index in [1.165, 1.54) is 12.3 Å². The number of rotatable bonds is 4. The van der Waals surface area contributed by atoms with Gasteiger partial charge in [0.25, 0.3) is 0 Å². The maximum Gasteiger partial charge on any atom is 0.419 e. The molecule has 0 saturated heterocycles. The van der Waals surface area contributed by atoms with Crippen molar-refractivity contribution in [2.24, 2.45) is 5.84 Å². The van der Waals surface area contributed by atoms with E-state index in [0.717, 1.165) is 6.07 Å². The van der Waals surface area contributed by atoms with E-state index in [-0.39, 0.29) is 0 Å². The van der Waals surface area contributed by atoms with Crippen LogP contribution in [0.3, 0.4) is 0 Å². The number of nitrogens with two attached hydrogens (primary N) is 1. The average molecular weight is 302 g/mol. The quantitative estimate of drug-likeness (QED) is 0.516. The second-order valence-corrected chi connectivity index (χ2v) is 4.49. The molecule has 21 heavy (non-hydrogen) atoms. The van der Waals surface area contributed by atoms with Crippen molar-refractivity contribution in [3.8, 4) is 0 Å². The van der Waals surface area contributed by atoms with Gasteiger partial charge in [-0.3, -0.25) is 5.84 Å². The highest BCUT2D eigenvalue weighted by Crippen LogP contribution is 2.34. The van der Waals surface area contributed by atoms with Gasteiger partial charge in [0.05, 0.1) is 17.9 Å². The lowest BCUT2D eigenvalue weighted by atomic mass is 9.97. The van der Waals surface area contributed by atoms with Gasteiger partial charge in [-0.05, 0) is 23.8 Å². The molecule has 1 atom stereocenters. The minimum absolute atomic E-state index is 0.291. The van der Waals surface area contributed by atoms with Crippen LogP contribution >= 0.6 is 0 Å². The van der Waals surface area contributed by atoms with Crippen molar-refractivity contribution in [1.82, 2.24) is 5.43 Å². The lowest BCUT2D eigenvalue weighted by Crippen LogP contribution is -2.29. The molecule has 0 aliphatic carbocycles. The van der Waals surface area contributed by atoms with Gasteiger partial charge in [0, 0.05) is 12.0 Å². The number of furan rings is 1. The van der Waals surface area contributed by atoms with Crippen LogP contribution in [-0.2, 0) is 12.6 Å². The molecule has 1 aromatic carbocycles. The first-order chi connectivity index (χ1) is 9.88. The molecule has 1 heterocycles. The molecule has 0 fully saturated rings. The van der Waals surface area contributed by atoms with Crippen LogP contribution in [0.5, 0.6) is 0 Å². The lowest BCUT2D eigenvalue weighted by molar-refractivity contribution is -0.140. The molecule has 7 heteroatoms. The number of alkyl halides is 3. The Labute approximate surface area is 118 Å². The molecule has 1 unspecified atom stereocenters. The summed E-state index contributed by atoms with van der Waals surface area (Å²) in [6.07, 6.45) is -2.68. The molecule has 114 valence electrons. The number of hydrazine groups is 1. The van der Waals surface area contributed by atoms with Crippen LogP contribution in [0, 0.1) is 5.82 Å². The summed E-state index contributed by atoms with van der Waals surface area (Å²) in [6.45, 7) is 1.86. The Balaban J connectivity index is 2.43. The zero-order valence-electron chi connectivity index (χ0n) is 11.2. The molecular formula is C14H14F4N2O. The van der Waals surface area contributed by atoms with E-state index < -0.39 is 23.6 Å². The maximum atomic E-state index is 13.7. The first kappa shape index (κ1) is 15.5. The van der Waals surface area contributed by atoms with E-state index in [0.29, 0.717) is 29.4 Å². The van der Waals surface area contributed by atoms with Crippen molar-refractivity contribution in [2.75, 3.05) is 0 Å². The van der Waals surface area contributed by atoms with E-state index in [2.05, 4.69) is 5.43 Å². The number of hydrogen-bond acceptors (Lipinski definition) is 3. The summed E-state index contributed by atoms with van der Waals surface area (Å²) in [5, 5.41) is 0. The predicted molar refractivity (Wildman–Crippen MR) is 68.7 cm³/mol. The third-order valence-electron chi connectivity index (χ3n) is 3.21. The van der Waals surface area contributed by atoms with Crippen molar-refractivity contribution in [3.63, 3.8) is 0 Å². The molecule has 0 amide bonds.